The lowest BCUT2D eigenvalue weighted by molar-refractivity contribution is 0.198. The molecule has 0 spiro atoms. The second-order valence-electron chi connectivity index (χ2n) is 5.57. The van der Waals surface area contributed by atoms with E-state index in [4.69, 9.17) is 4.74 Å². The molecule has 112 valence electrons. The van der Waals surface area contributed by atoms with Crippen molar-refractivity contribution in [1.29, 1.82) is 0 Å². The van der Waals surface area contributed by atoms with E-state index in [1.165, 1.54) is 0 Å². The zero-order chi connectivity index (χ0) is 14.8. The van der Waals surface area contributed by atoms with Crippen LogP contribution in [0.5, 0.6) is 5.88 Å². The summed E-state index contributed by atoms with van der Waals surface area (Å²) in [6.45, 7) is 4.10. The third-order valence-corrected chi connectivity index (χ3v) is 3.94. The summed E-state index contributed by atoms with van der Waals surface area (Å²) in [6, 6.07) is 10.1. The molecule has 0 bridgehead atoms. The topological polar surface area (TPSA) is 42.3 Å². The van der Waals surface area contributed by atoms with Gasteiger partial charge in [-0.1, -0.05) is 18.2 Å². The molecule has 5 heteroatoms. The van der Waals surface area contributed by atoms with Crippen LogP contribution in [-0.4, -0.2) is 48.0 Å². The van der Waals surface area contributed by atoms with Crippen LogP contribution in [-0.2, 0) is 0 Å². The van der Waals surface area contributed by atoms with Crippen LogP contribution >= 0.6 is 0 Å². The lowest BCUT2D eigenvalue weighted by atomic mass is 10.3. The third-order valence-electron chi connectivity index (χ3n) is 3.94. The number of nitrogens with one attached hydrogen (secondary N) is 1. The Hall–Kier alpha value is -2.01. The van der Waals surface area contributed by atoms with Crippen LogP contribution in [0, 0.1) is 6.92 Å². The summed E-state index contributed by atoms with van der Waals surface area (Å²) < 4.78 is 8.01. The maximum Gasteiger partial charge on any atom is 0.238 e. The van der Waals surface area contributed by atoms with Gasteiger partial charge in [0, 0.05) is 20.1 Å². The molecule has 21 heavy (non-hydrogen) atoms. The summed E-state index contributed by atoms with van der Waals surface area (Å²) in [5, 5.41) is 7.88. The predicted molar refractivity (Wildman–Crippen MR) is 84.4 cm³/mol. The summed E-state index contributed by atoms with van der Waals surface area (Å²) in [4.78, 5) is 2.28. The second kappa shape index (κ2) is 5.77. The minimum atomic E-state index is 0.234. The Morgan fingerprint density at radius 2 is 2.05 bits per heavy atom. The molecule has 0 aliphatic carbocycles. The zero-order valence-electron chi connectivity index (χ0n) is 12.8. The van der Waals surface area contributed by atoms with Crippen molar-refractivity contribution in [2.24, 2.45) is 0 Å². The number of aromatic nitrogens is 2. The minimum Gasteiger partial charge on any atom is -0.472 e. The molecular weight excluding hydrogens is 264 g/mol. The Bertz CT molecular complexity index is 608. The van der Waals surface area contributed by atoms with Crippen LogP contribution in [0.1, 0.15) is 12.0 Å². The molecule has 0 amide bonds. The van der Waals surface area contributed by atoms with Crippen LogP contribution in [0.15, 0.2) is 30.3 Å². The van der Waals surface area contributed by atoms with Gasteiger partial charge in [-0.2, -0.15) is 0 Å². The van der Waals surface area contributed by atoms with E-state index < -0.39 is 0 Å². The maximum atomic E-state index is 6.11. The molecule has 5 nitrogen and oxygen atoms in total. The van der Waals surface area contributed by atoms with Crippen LogP contribution in [0.3, 0.4) is 0 Å². The highest BCUT2D eigenvalue weighted by Gasteiger charge is 2.24. The van der Waals surface area contributed by atoms with E-state index in [2.05, 4.69) is 22.4 Å². The standard InChI is InChI=1S/C16H22N4O/c1-12-15(17-2)20(13-7-5-4-6-8-13)18-16(12)21-14-9-10-19(3)11-14/h4-8,14,17H,9-11H2,1-3H3. The Morgan fingerprint density at radius 1 is 1.29 bits per heavy atom. The van der Waals surface area contributed by atoms with Gasteiger partial charge in [0.15, 0.2) is 0 Å². The van der Waals surface area contributed by atoms with E-state index in [1.807, 2.05) is 49.0 Å². The first kappa shape index (κ1) is 13.9. The van der Waals surface area contributed by atoms with Gasteiger partial charge >= 0.3 is 0 Å². The third kappa shape index (κ3) is 2.74. The average Bonchev–Trinajstić information content (AvgIpc) is 3.04. The molecule has 0 saturated carbocycles. The lowest BCUT2D eigenvalue weighted by Crippen LogP contribution is -2.21. The minimum absolute atomic E-state index is 0.234. The fraction of sp³-hybridized carbons (Fsp3) is 0.438. The second-order valence-corrected chi connectivity index (χ2v) is 5.57. The van der Waals surface area contributed by atoms with Gasteiger partial charge in [-0.25, -0.2) is 4.68 Å². The fourth-order valence-corrected chi connectivity index (χ4v) is 2.79. The highest BCUT2D eigenvalue weighted by Crippen LogP contribution is 2.29. The van der Waals surface area contributed by atoms with Gasteiger partial charge in [0.25, 0.3) is 0 Å². The van der Waals surface area contributed by atoms with Crippen molar-refractivity contribution in [2.45, 2.75) is 19.4 Å². The molecule has 1 aliphatic heterocycles. The molecule has 1 unspecified atom stereocenters. The van der Waals surface area contributed by atoms with Crippen LogP contribution in [0.2, 0.25) is 0 Å². The molecule has 1 aromatic heterocycles. The molecule has 1 saturated heterocycles. The summed E-state index contributed by atoms with van der Waals surface area (Å²) in [6.07, 6.45) is 1.29. The van der Waals surface area contributed by atoms with Crippen molar-refractivity contribution in [3.63, 3.8) is 0 Å². The fourth-order valence-electron chi connectivity index (χ4n) is 2.79. The SMILES string of the molecule is CNc1c(C)c(OC2CCN(C)C2)nn1-c1ccccc1. The number of likely N-dealkylation sites (tertiary alicyclic amines) is 1. The van der Waals surface area contributed by atoms with Gasteiger partial charge in [0.05, 0.1) is 11.3 Å². The molecule has 3 rings (SSSR count). The summed E-state index contributed by atoms with van der Waals surface area (Å²) in [5.41, 5.74) is 2.08. The summed E-state index contributed by atoms with van der Waals surface area (Å²) in [7, 11) is 4.04. The van der Waals surface area contributed by atoms with E-state index >= 15 is 0 Å². The monoisotopic (exact) mass is 286 g/mol. The largest absolute Gasteiger partial charge is 0.472 e. The van der Waals surface area contributed by atoms with Crippen LogP contribution < -0.4 is 10.1 Å². The van der Waals surface area contributed by atoms with Gasteiger partial charge in [-0.3, -0.25) is 0 Å². The number of rotatable bonds is 4. The van der Waals surface area contributed by atoms with Crippen molar-refractivity contribution in [1.82, 2.24) is 14.7 Å². The van der Waals surface area contributed by atoms with Crippen LogP contribution in [0.25, 0.3) is 5.69 Å². The Balaban J connectivity index is 1.90. The van der Waals surface area contributed by atoms with E-state index in [9.17, 15) is 0 Å². The number of hydrogen-bond donors (Lipinski definition) is 1. The molecule has 1 aromatic carbocycles. The van der Waals surface area contributed by atoms with Gasteiger partial charge in [0.2, 0.25) is 5.88 Å². The molecule has 1 atom stereocenters. The van der Waals surface area contributed by atoms with Crippen molar-refractivity contribution < 1.29 is 4.74 Å². The zero-order valence-corrected chi connectivity index (χ0v) is 12.8. The number of anilines is 1. The van der Waals surface area contributed by atoms with Gasteiger partial charge in [0.1, 0.15) is 11.9 Å². The van der Waals surface area contributed by atoms with Crippen molar-refractivity contribution in [2.75, 3.05) is 32.5 Å². The smallest absolute Gasteiger partial charge is 0.238 e. The number of benzene rings is 1. The van der Waals surface area contributed by atoms with Crippen molar-refractivity contribution in [3.05, 3.63) is 35.9 Å². The van der Waals surface area contributed by atoms with Gasteiger partial charge in [-0.15, -0.1) is 5.10 Å². The molecule has 1 N–H and O–H groups in total. The Labute approximate surface area is 125 Å². The van der Waals surface area contributed by atoms with E-state index in [0.717, 1.165) is 42.5 Å². The van der Waals surface area contributed by atoms with Gasteiger partial charge < -0.3 is 15.0 Å². The first-order chi connectivity index (χ1) is 10.2. The van der Waals surface area contributed by atoms with E-state index in [1.54, 1.807) is 0 Å². The van der Waals surface area contributed by atoms with Crippen molar-refractivity contribution >= 4 is 5.82 Å². The number of ether oxygens (including phenoxy) is 1. The summed E-state index contributed by atoms with van der Waals surface area (Å²) >= 11 is 0. The lowest BCUT2D eigenvalue weighted by Gasteiger charge is -2.11. The predicted octanol–water partition coefficient (Wildman–Crippen LogP) is 2.31. The Kier molecular flexibility index (Phi) is 3.84. The van der Waals surface area contributed by atoms with Gasteiger partial charge in [-0.05, 0) is 32.5 Å². The molecule has 2 heterocycles. The highest BCUT2D eigenvalue weighted by molar-refractivity contribution is 5.54. The summed E-state index contributed by atoms with van der Waals surface area (Å²) in [5.74, 6) is 1.70. The molecule has 1 fully saturated rings. The number of likely N-dealkylation sites (N-methyl/N-ethyl adjacent to an activating group) is 1. The van der Waals surface area contributed by atoms with E-state index in [-0.39, 0.29) is 6.10 Å². The highest BCUT2D eigenvalue weighted by atomic mass is 16.5. The normalized spacial score (nSPS) is 18.9. The Morgan fingerprint density at radius 3 is 2.67 bits per heavy atom. The quantitative estimate of drug-likeness (QED) is 0.936. The maximum absolute atomic E-state index is 6.11. The number of para-hydroxylation sites is 1. The average molecular weight is 286 g/mol. The molecule has 1 aliphatic rings. The van der Waals surface area contributed by atoms with Crippen molar-refractivity contribution in [3.8, 4) is 11.6 Å². The van der Waals surface area contributed by atoms with Crippen LogP contribution in [0.4, 0.5) is 5.82 Å². The first-order valence-electron chi connectivity index (χ1n) is 7.37. The molecular formula is C16H22N4O. The first-order valence-corrected chi connectivity index (χ1v) is 7.37. The number of nitrogens with zero attached hydrogens (tertiary/aromatic N) is 3. The molecule has 2 aromatic rings. The van der Waals surface area contributed by atoms with E-state index in [0.29, 0.717) is 0 Å². The molecule has 0 radical (unpaired) electrons. The number of hydrogen-bond acceptors (Lipinski definition) is 4.